The molecule has 0 aliphatic carbocycles. The average molecular weight is 411 g/mol. The molecule has 0 spiro atoms. The van der Waals surface area contributed by atoms with E-state index in [1.54, 1.807) is 6.07 Å². The van der Waals surface area contributed by atoms with E-state index in [1.165, 1.54) is 30.3 Å². The molecule has 27 heavy (non-hydrogen) atoms. The Morgan fingerprint density at radius 3 is 2.78 bits per heavy atom. The lowest BCUT2D eigenvalue weighted by atomic mass is 10.0. The molecule has 2 N–H and O–H groups in total. The first-order valence-corrected chi connectivity index (χ1v) is 11.8. The molecule has 0 saturated carbocycles. The van der Waals surface area contributed by atoms with Gasteiger partial charge in [-0.15, -0.1) is 0 Å². The lowest BCUT2D eigenvalue weighted by Gasteiger charge is -2.35. The predicted molar refractivity (Wildman–Crippen MR) is 107 cm³/mol. The number of hydrogen-bond donors (Lipinski definition) is 1. The SMILES string of the molecule is CC[C@H]1CCCCN1C(=O)CSc1nc2cc(S(N)(=O)=O)ccc2n1CC. The first-order valence-electron chi connectivity index (χ1n) is 9.30. The van der Waals surface area contributed by atoms with E-state index in [0.717, 1.165) is 36.5 Å². The molecule has 1 aliphatic heterocycles. The van der Waals surface area contributed by atoms with Gasteiger partial charge in [0.05, 0.1) is 21.7 Å². The number of amides is 1. The number of aryl methyl sites for hydroxylation is 1. The van der Waals surface area contributed by atoms with Gasteiger partial charge in [-0.2, -0.15) is 0 Å². The maximum atomic E-state index is 12.7. The number of primary sulfonamides is 1. The number of nitrogens with zero attached hydrogens (tertiary/aromatic N) is 3. The van der Waals surface area contributed by atoms with Crippen molar-refractivity contribution in [2.24, 2.45) is 5.14 Å². The third-order valence-corrected chi connectivity index (χ3v) is 6.95. The van der Waals surface area contributed by atoms with E-state index in [-0.39, 0.29) is 10.8 Å². The van der Waals surface area contributed by atoms with Crippen LogP contribution in [0.2, 0.25) is 0 Å². The van der Waals surface area contributed by atoms with Gasteiger partial charge >= 0.3 is 0 Å². The van der Waals surface area contributed by atoms with E-state index in [4.69, 9.17) is 5.14 Å². The molecule has 7 nitrogen and oxygen atoms in total. The third kappa shape index (κ3) is 4.30. The summed E-state index contributed by atoms with van der Waals surface area (Å²) < 4.78 is 25.1. The zero-order valence-electron chi connectivity index (χ0n) is 15.7. The van der Waals surface area contributed by atoms with Crippen LogP contribution in [-0.4, -0.2) is 47.1 Å². The molecule has 1 aromatic carbocycles. The Hall–Kier alpha value is -1.58. The van der Waals surface area contributed by atoms with Crippen LogP contribution in [0.5, 0.6) is 0 Å². The van der Waals surface area contributed by atoms with Crippen molar-refractivity contribution in [2.45, 2.75) is 62.2 Å². The number of thioether (sulfide) groups is 1. The summed E-state index contributed by atoms with van der Waals surface area (Å²) in [5, 5.41) is 5.93. The van der Waals surface area contributed by atoms with Gasteiger partial charge in [-0.05, 0) is 50.8 Å². The highest BCUT2D eigenvalue weighted by molar-refractivity contribution is 7.99. The maximum Gasteiger partial charge on any atom is 0.238 e. The van der Waals surface area contributed by atoms with Crippen molar-refractivity contribution in [2.75, 3.05) is 12.3 Å². The summed E-state index contributed by atoms with van der Waals surface area (Å²) in [6.45, 7) is 5.64. The highest BCUT2D eigenvalue weighted by atomic mass is 32.2. The van der Waals surface area contributed by atoms with Crippen LogP contribution in [0.1, 0.15) is 39.5 Å². The normalized spacial score (nSPS) is 18.2. The van der Waals surface area contributed by atoms with E-state index < -0.39 is 10.0 Å². The molecule has 2 aromatic rings. The number of rotatable bonds is 6. The van der Waals surface area contributed by atoms with Crippen LogP contribution in [0, 0.1) is 0 Å². The average Bonchev–Trinajstić information content (AvgIpc) is 3.01. The number of aromatic nitrogens is 2. The number of likely N-dealkylation sites (tertiary alicyclic amines) is 1. The second kappa shape index (κ2) is 8.20. The van der Waals surface area contributed by atoms with Crippen LogP contribution in [-0.2, 0) is 21.4 Å². The molecule has 1 amide bonds. The molecule has 1 aromatic heterocycles. The first kappa shape index (κ1) is 20.2. The molecule has 0 bridgehead atoms. The molecule has 1 saturated heterocycles. The minimum atomic E-state index is -3.77. The molecular formula is C18H26N4O3S2. The largest absolute Gasteiger partial charge is 0.339 e. The van der Waals surface area contributed by atoms with Crippen molar-refractivity contribution in [1.82, 2.24) is 14.5 Å². The Kier molecular flexibility index (Phi) is 6.12. The summed E-state index contributed by atoms with van der Waals surface area (Å²) in [5.41, 5.74) is 1.41. The Morgan fingerprint density at radius 1 is 1.33 bits per heavy atom. The molecule has 0 unspecified atom stereocenters. The van der Waals surface area contributed by atoms with Gasteiger partial charge in [0.1, 0.15) is 0 Å². The van der Waals surface area contributed by atoms with E-state index in [9.17, 15) is 13.2 Å². The van der Waals surface area contributed by atoms with Crippen molar-refractivity contribution >= 4 is 38.7 Å². The summed E-state index contributed by atoms with van der Waals surface area (Å²) in [6, 6.07) is 5.04. The number of nitrogens with two attached hydrogens (primary N) is 1. The van der Waals surface area contributed by atoms with Gasteiger partial charge in [-0.3, -0.25) is 4.79 Å². The van der Waals surface area contributed by atoms with Crippen molar-refractivity contribution in [3.05, 3.63) is 18.2 Å². The topological polar surface area (TPSA) is 98.3 Å². The second-order valence-electron chi connectivity index (χ2n) is 6.77. The van der Waals surface area contributed by atoms with Crippen molar-refractivity contribution in [3.63, 3.8) is 0 Å². The van der Waals surface area contributed by atoms with Gasteiger partial charge in [0, 0.05) is 19.1 Å². The highest BCUT2D eigenvalue weighted by Gasteiger charge is 2.25. The van der Waals surface area contributed by atoms with E-state index >= 15 is 0 Å². The number of benzene rings is 1. The van der Waals surface area contributed by atoms with Gasteiger partial charge in [-0.1, -0.05) is 18.7 Å². The van der Waals surface area contributed by atoms with Crippen LogP contribution in [0.3, 0.4) is 0 Å². The zero-order valence-corrected chi connectivity index (χ0v) is 17.4. The molecule has 2 heterocycles. The van der Waals surface area contributed by atoms with E-state index in [0.29, 0.717) is 23.9 Å². The van der Waals surface area contributed by atoms with Crippen LogP contribution in [0.15, 0.2) is 28.3 Å². The number of carbonyl (C=O) groups excluding carboxylic acids is 1. The van der Waals surface area contributed by atoms with Gasteiger partial charge in [0.25, 0.3) is 0 Å². The minimum Gasteiger partial charge on any atom is -0.339 e. The number of hydrogen-bond acceptors (Lipinski definition) is 5. The first-order chi connectivity index (χ1) is 12.8. The van der Waals surface area contributed by atoms with Crippen molar-refractivity contribution < 1.29 is 13.2 Å². The third-order valence-electron chi connectivity index (χ3n) is 5.07. The molecule has 1 aliphatic rings. The maximum absolute atomic E-state index is 12.7. The van der Waals surface area contributed by atoms with Crippen LogP contribution in [0.4, 0.5) is 0 Å². The molecule has 9 heteroatoms. The quantitative estimate of drug-likeness (QED) is 0.738. The van der Waals surface area contributed by atoms with E-state index in [1.807, 2.05) is 16.4 Å². The summed E-state index contributed by atoms with van der Waals surface area (Å²) in [5.74, 6) is 0.480. The van der Waals surface area contributed by atoms with Crippen molar-refractivity contribution in [3.8, 4) is 0 Å². The molecule has 148 valence electrons. The monoisotopic (exact) mass is 410 g/mol. The zero-order chi connectivity index (χ0) is 19.6. The summed E-state index contributed by atoms with van der Waals surface area (Å²) >= 11 is 1.40. The number of carbonyl (C=O) groups is 1. The fourth-order valence-corrected chi connectivity index (χ4v) is 5.14. The van der Waals surface area contributed by atoms with Gasteiger partial charge in [0.2, 0.25) is 15.9 Å². The van der Waals surface area contributed by atoms with Crippen molar-refractivity contribution in [1.29, 1.82) is 0 Å². The number of sulfonamides is 1. The molecular weight excluding hydrogens is 384 g/mol. The van der Waals surface area contributed by atoms with Gasteiger partial charge in [-0.25, -0.2) is 18.5 Å². The molecule has 1 fully saturated rings. The second-order valence-corrected chi connectivity index (χ2v) is 9.27. The van der Waals surface area contributed by atoms with Crippen LogP contribution < -0.4 is 5.14 Å². The van der Waals surface area contributed by atoms with Crippen LogP contribution >= 0.6 is 11.8 Å². The van der Waals surface area contributed by atoms with Crippen LogP contribution in [0.25, 0.3) is 11.0 Å². The summed E-state index contributed by atoms with van der Waals surface area (Å²) in [7, 11) is -3.77. The molecule has 0 radical (unpaired) electrons. The smallest absolute Gasteiger partial charge is 0.238 e. The standard InChI is InChI=1S/C18H26N4O3S2/c1-3-13-7-5-6-10-22(13)17(23)12-26-18-20-15-11-14(27(19,24)25)8-9-16(15)21(18)4-2/h8-9,11,13H,3-7,10,12H2,1-2H3,(H2,19,24,25)/t13-/m0/s1. The fourth-order valence-electron chi connectivity index (χ4n) is 3.64. The Labute approximate surface area is 164 Å². The summed E-state index contributed by atoms with van der Waals surface area (Å²) in [6.07, 6.45) is 4.32. The Morgan fingerprint density at radius 2 is 2.11 bits per heavy atom. The lowest BCUT2D eigenvalue weighted by molar-refractivity contribution is -0.132. The number of fused-ring (bicyclic) bond motifs is 1. The summed E-state index contributed by atoms with van der Waals surface area (Å²) in [4.78, 5) is 19.3. The predicted octanol–water partition coefficient (Wildman–Crippen LogP) is 2.59. The molecule has 3 rings (SSSR count). The fraction of sp³-hybridized carbons (Fsp3) is 0.556. The lowest BCUT2D eigenvalue weighted by Crippen LogP contribution is -2.44. The Balaban J connectivity index is 1.81. The minimum absolute atomic E-state index is 0.0440. The highest BCUT2D eigenvalue weighted by Crippen LogP contribution is 2.27. The Bertz CT molecular complexity index is 939. The van der Waals surface area contributed by atoms with Gasteiger partial charge < -0.3 is 9.47 Å². The number of imidazole rings is 1. The van der Waals surface area contributed by atoms with E-state index in [2.05, 4.69) is 11.9 Å². The van der Waals surface area contributed by atoms with Gasteiger partial charge in [0.15, 0.2) is 5.16 Å². The molecule has 1 atom stereocenters. The number of piperidine rings is 1.